The maximum Gasteiger partial charge on any atom is 0.484 e. The van der Waals surface area contributed by atoms with Crippen LogP contribution in [0.15, 0.2) is 17.1 Å². The molecule has 0 bridgehead atoms. The molecule has 0 atom stereocenters. The van der Waals surface area contributed by atoms with Gasteiger partial charge >= 0.3 is 6.30 Å². The molecule has 0 saturated carbocycles. The average Bonchev–Trinajstić information content (AvgIpc) is 2.32. The number of alkyl halides is 3. The van der Waals surface area contributed by atoms with Crippen LogP contribution in [-0.4, -0.2) is 17.2 Å². The van der Waals surface area contributed by atoms with Crippen molar-refractivity contribution < 1.29 is 22.4 Å². The average molecular weight is 180 g/mol. The molecule has 0 saturated heterocycles. The molecule has 7 heteroatoms. The molecule has 66 valence electrons. The number of nitrogens with zero attached hydrogens (tertiary/aromatic N) is 1. The van der Waals surface area contributed by atoms with E-state index in [-0.39, 0.29) is 0 Å². The van der Waals surface area contributed by atoms with Crippen LogP contribution >= 0.6 is 0 Å². The Morgan fingerprint density at radius 2 is 2.25 bits per heavy atom. The molecule has 0 unspecified atom stereocenters. The minimum atomic E-state index is -4.74. The van der Waals surface area contributed by atoms with Gasteiger partial charge in [0, 0.05) is 0 Å². The molecular weight excluding hydrogens is 177 g/mol. The second-order valence-corrected chi connectivity index (χ2v) is 1.83. The number of nitrogens with one attached hydrogen (secondary N) is 1. The standard InChI is InChI=1S/C5H3F3N2O2/c6-5(7,8)10-4(11)3-1-12-2-9-3/h1-2H,(H,10,11). The van der Waals surface area contributed by atoms with E-state index in [1.807, 2.05) is 0 Å². The van der Waals surface area contributed by atoms with E-state index in [0.717, 1.165) is 18.0 Å². The van der Waals surface area contributed by atoms with Crippen LogP contribution in [0.3, 0.4) is 0 Å². The summed E-state index contributed by atoms with van der Waals surface area (Å²) in [6.07, 6.45) is -3.05. The monoisotopic (exact) mass is 180 g/mol. The highest BCUT2D eigenvalue weighted by Gasteiger charge is 2.31. The zero-order valence-corrected chi connectivity index (χ0v) is 5.55. The van der Waals surface area contributed by atoms with Crippen LogP contribution in [0.25, 0.3) is 0 Å². The first-order valence-electron chi connectivity index (χ1n) is 2.76. The summed E-state index contributed by atoms with van der Waals surface area (Å²) in [5.74, 6) is -1.34. The van der Waals surface area contributed by atoms with Gasteiger partial charge in [0.2, 0.25) is 0 Å². The molecule has 1 heterocycles. The molecule has 1 N–H and O–H groups in total. The van der Waals surface area contributed by atoms with Crippen LogP contribution in [0, 0.1) is 0 Å². The van der Waals surface area contributed by atoms with Gasteiger partial charge in [-0.2, -0.15) is 13.2 Å². The highest BCUT2D eigenvalue weighted by Crippen LogP contribution is 2.10. The van der Waals surface area contributed by atoms with E-state index in [1.165, 1.54) is 0 Å². The van der Waals surface area contributed by atoms with E-state index in [9.17, 15) is 18.0 Å². The molecule has 0 radical (unpaired) electrons. The van der Waals surface area contributed by atoms with Crippen LogP contribution in [0.4, 0.5) is 13.2 Å². The Hall–Kier alpha value is -1.53. The fourth-order valence-corrected chi connectivity index (χ4v) is 0.517. The lowest BCUT2D eigenvalue weighted by atomic mass is 10.4. The number of hydrogen-bond acceptors (Lipinski definition) is 3. The molecule has 12 heavy (non-hydrogen) atoms. The van der Waals surface area contributed by atoms with Gasteiger partial charge in [-0.3, -0.25) is 10.1 Å². The second kappa shape index (κ2) is 2.84. The zero-order chi connectivity index (χ0) is 9.19. The number of halogens is 3. The van der Waals surface area contributed by atoms with Crippen LogP contribution in [0.5, 0.6) is 0 Å². The van der Waals surface area contributed by atoms with Gasteiger partial charge in [-0.1, -0.05) is 0 Å². The first kappa shape index (κ1) is 8.57. The molecule has 0 aliphatic heterocycles. The molecule has 0 aromatic carbocycles. The predicted octanol–water partition coefficient (Wildman–Crippen LogP) is 0.924. The van der Waals surface area contributed by atoms with E-state index in [1.54, 1.807) is 0 Å². The smallest absolute Gasteiger partial charge is 0.451 e. The molecule has 1 amide bonds. The molecule has 4 nitrogen and oxygen atoms in total. The van der Waals surface area contributed by atoms with Crippen LogP contribution in [0.2, 0.25) is 0 Å². The molecule has 1 aromatic heterocycles. The Labute approximate surface area is 64.4 Å². The summed E-state index contributed by atoms with van der Waals surface area (Å²) in [5.41, 5.74) is -0.410. The van der Waals surface area contributed by atoms with E-state index in [0.29, 0.717) is 0 Å². The maximum atomic E-state index is 11.5. The highest BCUT2D eigenvalue weighted by molar-refractivity contribution is 5.91. The quantitative estimate of drug-likeness (QED) is 0.654. The fourth-order valence-electron chi connectivity index (χ4n) is 0.517. The maximum absolute atomic E-state index is 11.5. The molecule has 0 fully saturated rings. The van der Waals surface area contributed by atoms with Crippen LogP contribution < -0.4 is 5.32 Å². The first-order chi connectivity index (χ1) is 5.49. The Kier molecular flexibility index (Phi) is 2.03. The van der Waals surface area contributed by atoms with E-state index < -0.39 is 17.9 Å². The van der Waals surface area contributed by atoms with Gasteiger partial charge in [-0.15, -0.1) is 0 Å². The summed E-state index contributed by atoms with van der Waals surface area (Å²) in [6, 6.07) is 0. The Morgan fingerprint density at radius 1 is 1.58 bits per heavy atom. The summed E-state index contributed by atoms with van der Waals surface area (Å²) < 4.78 is 38.8. The van der Waals surface area contributed by atoms with Crippen molar-refractivity contribution in [1.82, 2.24) is 10.3 Å². The van der Waals surface area contributed by atoms with Gasteiger partial charge in [0.05, 0.1) is 0 Å². The van der Waals surface area contributed by atoms with Crippen molar-refractivity contribution in [2.75, 3.05) is 0 Å². The Balaban J connectivity index is 2.63. The molecule has 0 aliphatic rings. The minimum Gasteiger partial charge on any atom is -0.451 e. The summed E-state index contributed by atoms with van der Waals surface area (Å²) in [7, 11) is 0. The lowest BCUT2D eigenvalue weighted by Gasteiger charge is -2.05. The van der Waals surface area contributed by atoms with Crippen molar-refractivity contribution in [3.8, 4) is 0 Å². The van der Waals surface area contributed by atoms with Crippen molar-refractivity contribution in [3.63, 3.8) is 0 Å². The number of aromatic nitrogens is 1. The molecule has 1 rings (SSSR count). The molecule has 0 aliphatic carbocycles. The van der Waals surface area contributed by atoms with Gasteiger partial charge in [-0.25, -0.2) is 4.98 Å². The third-order valence-electron chi connectivity index (χ3n) is 0.920. The van der Waals surface area contributed by atoms with E-state index in [4.69, 9.17) is 0 Å². The van der Waals surface area contributed by atoms with Crippen molar-refractivity contribution in [2.24, 2.45) is 0 Å². The Morgan fingerprint density at radius 3 is 2.67 bits per heavy atom. The molecule has 1 aromatic rings. The number of amides is 1. The van der Waals surface area contributed by atoms with Gasteiger partial charge in [0.1, 0.15) is 6.26 Å². The van der Waals surface area contributed by atoms with Crippen molar-refractivity contribution in [3.05, 3.63) is 18.4 Å². The Bertz CT molecular complexity index is 267. The molecule has 0 spiro atoms. The van der Waals surface area contributed by atoms with Gasteiger partial charge in [-0.05, 0) is 0 Å². The van der Waals surface area contributed by atoms with Crippen molar-refractivity contribution in [1.29, 1.82) is 0 Å². The van der Waals surface area contributed by atoms with E-state index >= 15 is 0 Å². The van der Waals surface area contributed by atoms with Gasteiger partial charge in [0.15, 0.2) is 12.1 Å². The largest absolute Gasteiger partial charge is 0.484 e. The topological polar surface area (TPSA) is 55.1 Å². The lowest BCUT2D eigenvalue weighted by molar-refractivity contribution is -0.146. The third kappa shape index (κ3) is 2.26. The third-order valence-corrected chi connectivity index (χ3v) is 0.920. The fraction of sp³-hybridized carbons (Fsp3) is 0.200. The van der Waals surface area contributed by atoms with Crippen LogP contribution in [0.1, 0.15) is 10.5 Å². The van der Waals surface area contributed by atoms with Crippen molar-refractivity contribution in [2.45, 2.75) is 6.30 Å². The zero-order valence-electron chi connectivity index (χ0n) is 5.55. The van der Waals surface area contributed by atoms with Gasteiger partial charge in [0.25, 0.3) is 5.91 Å². The number of carbonyl (C=O) groups excluding carboxylic acids is 1. The highest BCUT2D eigenvalue weighted by atomic mass is 19.4. The van der Waals surface area contributed by atoms with Crippen molar-refractivity contribution >= 4 is 5.91 Å². The van der Waals surface area contributed by atoms with E-state index in [2.05, 4.69) is 9.40 Å². The second-order valence-electron chi connectivity index (χ2n) is 1.83. The van der Waals surface area contributed by atoms with Crippen LogP contribution in [-0.2, 0) is 0 Å². The summed E-state index contributed by atoms with van der Waals surface area (Å²) in [4.78, 5) is 13.8. The summed E-state index contributed by atoms with van der Waals surface area (Å²) in [5, 5.41) is 0.760. The summed E-state index contributed by atoms with van der Waals surface area (Å²) >= 11 is 0. The SMILES string of the molecule is O=C(NC(F)(F)F)c1cocn1. The normalized spacial score (nSPS) is 11.2. The predicted molar refractivity (Wildman–Crippen MR) is 30.0 cm³/mol. The number of carbonyl (C=O) groups is 1. The lowest BCUT2D eigenvalue weighted by Crippen LogP contribution is -2.37. The van der Waals surface area contributed by atoms with Gasteiger partial charge < -0.3 is 4.42 Å². The first-order valence-corrected chi connectivity index (χ1v) is 2.76. The number of oxazole rings is 1. The number of rotatable bonds is 1. The summed E-state index contributed by atoms with van der Waals surface area (Å²) in [6.45, 7) is 0. The number of hydrogen-bond donors (Lipinski definition) is 1. The minimum absolute atomic E-state index is 0.410. The molecular formula is C5H3F3N2O2.